The number of carbonyl (C=O) groups excluding carboxylic acids is 2. The average Bonchev–Trinajstić information content (AvgIpc) is 3.94. The van der Waals surface area contributed by atoms with Crippen molar-refractivity contribution in [1.29, 1.82) is 0 Å². The fourth-order valence-corrected chi connectivity index (χ4v) is 6.81. The van der Waals surface area contributed by atoms with Crippen LogP contribution >= 0.6 is 0 Å². The van der Waals surface area contributed by atoms with Crippen molar-refractivity contribution < 1.29 is 23.8 Å². The summed E-state index contributed by atoms with van der Waals surface area (Å²) in [6.07, 6.45) is 5.77. The highest BCUT2D eigenvalue weighted by Gasteiger charge is 2.52. The Balaban J connectivity index is 1.07. The number of hydrogen-bond acceptors (Lipinski definition) is 8. The van der Waals surface area contributed by atoms with E-state index in [1.54, 1.807) is 11.1 Å². The summed E-state index contributed by atoms with van der Waals surface area (Å²) in [5.74, 6) is 0.336. The van der Waals surface area contributed by atoms with E-state index in [0.717, 1.165) is 52.4 Å². The van der Waals surface area contributed by atoms with Crippen LogP contribution in [0.25, 0.3) is 33.6 Å². The van der Waals surface area contributed by atoms with Crippen LogP contribution < -0.4 is 10.6 Å². The van der Waals surface area contributed by atoms with Crippen molar-refractivity contribution in [3.8, 4) is 33.6 Å². The minimum Gasteiger partial charge on any atom is -0.453 e. The number of nitrogens with one attached hydrogen (secondary N) is 4. The van der Waals surface area contributed by atoms with E-state index < -0.39 is 24.0 Å². The van der Waals surface area contributed by atoms with Crippen LogP contribution in [0.3, 0.4) is 0 Å². The number of ether oxygens (including phenoxy) is 3. The molecule has 12 nitrogen and oxygen atoms in total. The number of alkyl carbamates (subject to hydrolysis) is 1. The third-order valence-electron chi connectivity index (χ3n) is 9.40. The first-order chi connectivity index (χ1) is 22.8. The molecule has 3 atom stereocenters. The number of likely N-dealkylation sites (tertiary alicyclic amines) is 1. The van der Waals surface area contributed by atoms with Gasteiger partial charge in [-0.1, -0.05) is 62.4 Å². The summed E-state index contributed by atoms with van der Waals surface area (Å²) in [5, 5.41) is 6.18. The van der Waals surface area contributed by atoms with Gasteiger partial charge in [-0.2, -0.15) is 0 Å². The van der Waals surface area contributed by atoms with E-state index in [4.69, 9.17) is 19.2 Å². The summed E-state index contributed by atoms with van der Waals surface area (Å²) in [6, 6.07) is 15.9. The zero-order chi connectivity index (χ0) is 32.5. The first-order valence-electron chi connectivity index (χ1n) is 16.3. The second kappa shape index (κ2) is 12.9. The Morgan fingerprint density at radius 3 is 2.04 bits per heavy atom. The van der Waals surface area contributed by atoms with Gasteiger partial charge in [0.05, 0.1) is 62.7 Å². The Labute approximate surface area is 273 Å². The summed E-state index contributed by atoms with van der Waals surface area (Å²) in [6.45, 7) is 5.97. The Morgan fingerprint density at radius 1 is 0.915 bits per heavy atom. The molecule has 0 radical (unpaired) electrons. The highest BCUT2D eigenvalue weighted by Crippen LogP contribution is 2.42. The van der Waals surface area contributed by atoms with Crippen LogP contribution in [0.1, 0.15) is 56.8 Å². The third kappa shape index (κ3) is 6.28. The van der Waals surface area contributed by atoms with Crippen molar-refractivity contribution >= 4 is 12.0 Å². The monoisotopic (exact) mass is 639 g/mol. The molecule has 246 valence electrons. The number of benzene rings is 2. The van der Waals surface area contributed by atoms with Crippen molar-refractivity contribution in [3.05, 3.63) is 72.6 Å². The summed E-state index contributed by atoms with van der Waals surface area (Å²) >= 11 is 0. The SMILES string of the molecule is COC(=O)N[C@H](C(=O)N1CC2(CC1c1ncc(-c3ccc(-c4ccc(-c5cnc([C@@H]6CCCN6)[nH]5)cc4)cc3)[nH]1)OCCO2)C(C)C. The van der Waals surface area contributed by atoms with Crippen LogP contribution in [0.2, 0.25) is 0 Å². The van der Waals surface area contributed by atoms with Gasteiger partial charge < -0.3 is 39.7 Å². The van der Waals surface area contributed by atoms with E-state index in [0.29, 0.717) is 31.5 Å². The molecule has 4 aromatic rings. The topological polar surface area (TPSA) is 146 Å². The van der Waals surface area contributed by atoms with E-state index in [1.807, 2.05) is 20.0 Å². The second-order valence-corrected chi connectivity index (χ2v) is 12.8. The number of amides is 2. The van der Waals surface area contributed by atoms with Gasteiger partial charge in [0.15, 0.2) is 5.79 Å². The quantitative estimate of drug-likeness (QED) is 0.212. The molecule has 7 rings (SSSR count). The van der Waals surface area contributed by atoms with Gasteiger partial charge in [0.2, 0.25) is 5.91 Å². The molecule has 0 saturated carbocycles. The molecule has 47 heavy (non-hydrogen) atoms. The maximum atomic E-state index is 13.9. The number of methoxy groups -OCH3 is 1. The summed E-state index contributed by atoms with van der Waals surface area (Å²) < 4.78 is 16.8. The molecule has 2 aromatic heterocycles. The molecule has 3 aliphatic heterocycles. The van der Waals surface area contributed by atoms with Crippen LogP contribution in [0.5, 0.6) is 0 Å². The van der Waals surface area contributed by atoms with Crippen molar-refractivity contribution in [3.63, 3.8) is 0 Å². The number of nitrogens with zero attached hydrogens (tertiary/aromatic N) is 3. The normalized spacial score (nSPS) is 21.1. The number of hydrogen-bond donors (Lipinski definition) is 4. The number of imidazole rings is 2. The molecule has 1 unspecified atom stereocenters. The number of aromatic nitrogens is 4. The van der Waals surface area contributed by atoms with Crippen LogP contribution in [0.4, 0.5) is 4.79 Å². The summed E-state index contributed by atoms with van der Waals surface area (Å²) in [5.41, 5.74) is 6.14. The summed E-state index contributed by atoms with van der Waals surface area (Å²) in [4.78, 5) is 43.9. The predicted molar refractivity (Wildman–Crippen MR) is 175 cm³/mol. The third-order valence-corrected chi connectivity index (χ3v) is 9.40. The molecule has 0 bridgehead atoms. The van der Waals surface area contributed by atoms with Gasteiger partial charge >= 0.3 is 6.09 Å². The maximum Gasteiger partial charge on any atom is 0.407 e. The average molecular weight is 640 g/mol. The smallest absolute Gasteiger partial charge is 0.407 e. The maximum absolute atomic E-state index is 13.9. The fourth-order valence-electron chi connectivity index (χ4n) is 6.81. The molecule has 3 aliphatic rings. The number of H-pyrrole nitrogens is 2. The summed E-state index contributed by atoms with van der Waals surface area (Å²) in [7, 11) is 1.28. The zero-order valence-electron chi connectivity index (χ0n) is 26.9. The first kappa shape index (κ1) is 31.1. The van der Waals surface area contributed by atoms with Crippen LogP contribution in [0.15, 0.2) is 60.9 Å². The van der Waals surface area contributed by atoms with Crippen molar-refractivity contribution in [1.82, 2.24) is 35.5 Å². The minimum atomic E-state index is -0.899. The second-order valence-electron chi connectivity index (χ2n) is 12.8. The molecule has 4 N–H and O–H groups in total. The number of aromatic amines is 2. The first-order valence-corrected chi connectivity index (χ1v) is 16.3. The highest BCUT2D eigenvalue weighted by molar-refractivity contribution is 5.86. The van der Waals surface area contributed by atoms with E-state index in [9.17, 15) is 9.59 Å². The van der Waals surface area contributed by atoms with Crippen molar-refractivity contribution in [2.45, 2.75) is 57.0 Å². The molecule has 3 fully saturated rings. The highest BCUT2D eigenvalue weighted by atomic mass is 16.7. The largest absolute Gasteiger partial charge is 0.453 e. The van der Waals surface area contributed by atoms with E-state index in [2.05, 4.69) is 74.1 Å². The number of carbonyl (C=O) groups is 2. The molecule has 12 heteroatoms. The Kier molecular flexibility index (Phi) is 8.56. The lowest BCUT2D eigenvalue weighted by Gasteiger charge is -2.30. The van der Waals surface area contributed by atoms with Gasteiger partial charge in [-0.25, -0.2) is 14.8 Å². The van der Waals surface area contributed by atoms with Crippen LogP contribution in [-0.2, 0) is 19.0 Å². The Bertz CT molecular complexity index is 1700. The lowest BCUT2D eigenvalue weighted by molar-refractivity contribution is -0.153. The van der Waals surface area contributed by atoms with Gasteiger partial charge in [0, 0.05) is 6.42 Å². The van der Waals surface area contributed by atoms with Crippen LogP contribution in [-0.4, -0.2) is 82.1 Å². The number of rotatable bonds is 8. The molecule has 3 saturated heterocycles. The van der Waals surface area contributed by atoms with E-state index in [-0.39, 0.29) is 18.4 Å². The van der Waals surface area contributed by atoms with Gasteiger partial charge in [0.25, 0.3) is 0 Å². The van der Waals surface area contributed by atoms with Crippen molar-refractivity contribution in [2.24, 2.45) is 5.92 Å². The van der Waals surface area contributed by atoms with E-state index >= 15 is 0 Å². The van der Waals surface area contributed by atoms with Crippen LogP contribution in [0, 0.1) is 5.92 Å². The van der Waals surface area contributed by atoms with E-state index in [1.165, 1.54) is 13.5 Å². The Morgan fingerprint density at radius 2 is 1.49 bits per heavy atom. The molecule has 0 aliphatic carbocycles. The standard InChI is InChI=1S/C35H41N7O5/c1-21(2)30(41-34(44)45-3)33(43)42-20-35(46-15-16-47-35)17-29(42)32-38-19-28(40-32)25-12-8-23(9-13-25)22-6-10-24(11-7-22)27-18-37-31(39-27)26-5-4-14-36-26/h6-13,18-19,21,26,29-30,36H,4-5,14-17,20H2,1-3H3,(H,37,39)(H,38,40)(H,41,44)/t26-,29?,30-/m0/s1. The molecular weight excluding hydrogens is 598 g/mol. The molecule has 1 spiro atoms. The lowest BCUT2D eigenvalue weighted by Crippen LogP contribution is -2.52. The molecule has 5 heterocycles. The van der Waals surface area contributed by atoms with Gasteiger partial charge in [-0.15, -0.1) is 0 Å². The van der Waals surface area contributed by atoms with Gasteiger partial charge in [0.1, 0.15) is 17.7 Å². The molecule has 2 aromatic carbocycles. The lowest BCUT2D eigenvalue weighted by atomic mass is 10.0. The molecule has 2 amide bonds. The predicted octanol–water partition coefficient (Wildman–Crippen LogP) is 4.96. The van der Waals surface area contributed by atoms with Gasteiger partial charge in [-0.05, 0) is 47.6 Å². The van der Waals surface area contributed by atoms with Gasteiger partial charge in [-0.3, -0.25) is 4.79 Å². The minimum absolute atomic E-state index is 0.163. The fraction of sp³-hybridized carbons (Fsp3) is 0.429. The van der Waals surface area contributed by atoms with Crippen molar-refractivity contribution in [2.75, 3.05) is 33.4 Å². The zero-order valence-corrected chi connectivity index (χ0v) is 26.9. The molecular formula is C35H41N7O5. The Hall–Kier alpha value is -4.52.